The van der Waals surface area contributed by atoms with Gasteiger partial charge in [0, 0.05) is 16.5 Å². The fourth-order valence-electron chi connectivity index (χ4n) is 2.50. The van der Waals surface area contributed by atoms with Crippen molar-refractivity contribution < 1.29 is 13.2 Å². The third-order valence-electron chi connectivity index (χ3n) is 3.77. The van der Waals surface area contributed by atoms with Gasteiger partial charge in [0.1, 0.15) is 0 Å². The Labute approximate surface area is 163 Å². The largest absolute Gasteiger partial charge is 0.350 e. The van der Waals surface area contributed by atoms with Crippen molar-refractivity contribution in [3.05, 3.63) is 69.7 Å². The zero-order chi connectivity index (χ0) is 19.3. The maximum Gasteiger partial charge on any atom is 0.222 e. The molecule has 0 fully saturated rings. The zero-order valence-electron chi connectivity index (χ0n) is 14.4. The summed E-state index contributed by atoms with van der Waals surface area (Å²) in [4.78, 5) is 12.4. The van der Waals surface area contributed by atoms with E-state index in [4.69, 9.17) is 23.2 Å². The summed E-state index contributed by atoms with van der Waals surface area (Å²) in [5.41, 5.74) is 1.57. The van der Waals surface area contributed by atoms with Gasteiger partial charge in [-0.25, -0.2) is 13.1 Å². The molecular formula is C18H20Cl2N2O3S. The van der Waals surface area contributed by atoms with E-state index in [1.165, 1.54) is 0 Å². The van der Waals surface area contributed by atoms with E-state index in [1.807, 2.05) is 19.1 Å². The SMILES string of the molecule is CC(NC(=O)CC(NS(C)(=O)=O)c1ccc(Cl)cc1)c1ccc(Cl)cc1. The highest BCUT2D eigenvalue weighted by atomic mass is 35.5. The van der Waals surface area contributed by atoms with E-state index in [2.05, 4.69) is 10.0 Å². The lowest BCUT2D eigenvalue weighted by Gasteiger charge is -2.20. The average molecular weight is 415 g/mol. The predicted octanol–water partition coefficient (Wildman–Crippen LogP) is 3.85. The normalized spacial score (nSPS) is 13.8. The number of nitrogens with one attached hydrogen (secondary N) is 2. The van der Waals surface area contributed by atoms with E-state index in [0.29, 0.717) is 15.6 Å². The molecular weight excluding hydrogens is 395 g/mol. The van der Waals surface area contributed by atoms with Crippen molar-refractivity contribution in [3.8, 4) is 0 Å². The minimum Gasteiger partial charge on any atom is -0.350 e. The van der Waals surface area contributed by atoms with E-state index in [1.54, 1.807) is 36.4 Å². The minimum atomic E-state index is -3.49. The first-order valence-electron chi connectivity index (χ1n) is 7.91. The highest BCUT2D eigenvalue weighted by molar-refractivity contribution is 7.88. The summed E-state index contributed by atoms with van der Waals surface area (Å²) >= 11 is 11.7. The maximum absolute atomic E-state index is 12.4. The molecule has 2 atom stereocenters. The third-order valence-corrected chi connectivity index (χ3v) is 4.98. The second-order valence-electron chi connectivity index (χ2n) is 6.04. The number of carbonyl (C=O) groups excluding carboxylic acids is 1. The van der Waals surface area contributed by atoms with Crippen molar-refractivity contribution in [3.63, 3.8) is 0 Å². The number of sulfonamides is 1. The van der Waals surface area contributed by atoms with Gasteiger partial charge in [0.2, 0.25) is 15.9 Å². The Morgan fingerprint density at radius 2 is 1.42 bits per heavy atom. The van der Waals surface area contributed by atoms with Crippen molar-refractivity contribution >= 4 is 39.1 Å². The van der Waals surface area contributed by atoms with Crippen molar-refractivity contribution in [1.29, 1.82) is 0 Å². The first kappa shape index (κ1) is 20.7. The molecule has 140 valence electrons. The number of benzene rings is 2. The summed E-state index contributed by atoms with van der Waals surface area (Å²) in [5, 5.41) is 4.02. The van der Waals surface area contributed by atoms with Crippen LogP contribution in [0.5, 0.6) is 0 Å². The predicted molar refractivity (Wildman–Crippen MR) is 105 cm³/mol. The molecule has 0 radical (unpaired) electrons. The summed E-state index contributed by atoms with van der Waals surface area (Å²) < 4.78 is 25.8. The van der Waals surface area contributed by atoms with Gasteiger partial charge in [-0.3, -0.25) is 4.79 Å². The first-order valence-corrected chi connectivity index (χ1v) is 10.6. The lowest BCUT2D eigenvalue weighted by Crippen LogP contribution is -2.34. The molecule has 0 saturated heterocycles. The van der Waals surface area contributed by atoms with Gasteiger partial charge in [0.25, 0.3) is 0 Å². The number of halogens is 2. The molecule has 26 heavy (non-hydrogen) atoms. The quantitative estimate of drug-likeness (QED) is 0.721. The van der Waals surface area contributed by atoms with E-state index >= 15 is 0 Å². The van der Waals surface area contributed by atoms with E-state index in [0.717, 1.165) is 11.8 Å². The number of rotatable bonds is 7. The van der Waals surface area contributed by atoms with Crippen LogP contribution in [0.25, 0.3) is 0 Å². The van der Waals surface area contributed by atoms with Crippen molar-refractivity contribution in [2.24, 2.45) is 0 Å². The Morgan fingerprint density at radius 3 is 1.88 bits per heavy atom. The van der Waals surface area contributed by atoms with Gasteiger partial charge in [-0.05, 0) is 42.3 Å². The Balaban J connectivity index is 2.10. The fourth-order valence-corrected chi connectivity index (χ4v) is 3.49. The van der Waals surface area contributed by atoms with Crippen LogP contribution >= 0.6 is 23.2 Å². The number of carbonyl (C=O) groups is 1. The zero-order valence-corrected chi connectivity index (χ0v) is 16.7. The molecule has 2 aromatic carbocycles. The van der Waals surface area contributed by atoms with Crippen LogP contribution in [0, 0.1) is 0 Å². The molecule has 2 unspecified atom stereocenters. The molecule has 8 heteroatoms. The minimum absolute atomic E-state index is 0.0351. The molecule has 0 spiro atoms. The van der Waals surface area contributed by atoms with Gasteiger partial charge < -0.3 is 5.32 Å². The van der Waals surface area contributed by atoms with E-state index in [-0.39, 0.29) is 18.4 Å². The summed E-state index contributed by atoms with van der Waals surface area (Å²) in [6.07, 6.45) is 1.02. The Morgan fingerprint density at radius 1 is 0.962 bits per heavy atom. The topological polar surface area (TPSA) is 75.3 Å². The maximum atomic E-state index is 12.4. The van der Waals surface area contributed by atoms with Crippen LogP contribution in [0.2, 0.25) is 10.0 Å². The molecule has 1 amide bonds. The Bertz CT molecular complexity index is 853. The van der Waals surface area contributed by atoms with Crippen LogP contribution in [-0.2, 0) is 14.8 Å². The monoisotopic (exact) mass is 414 g/mol. The van der Waals surface area contributed by atoms with Crippen LogP contribution in [-0.4, -0.2) is 20.6 Å². The number of amides is 1. The number of hydrogen-bond acceptors (Lipinski definition) is 3. The molecule has 2 aromatic rings. The van der Waals surface area contributed by atoms with Crippen LogP contribution in [0.15, 0.2) is 48.5 Å². The molecule has 2 N–H and O–H groups in total. The van der Waals surface area contributed by atoms with Gasteiger partial charge in [-0.1, -0.05) is 47.5 Å². The molecule has 0 aliphatic carbocycles. The highest BCUT2D eigenvalue weighted by Gasteiger charge is 2.21. The van der Waals surface area contributed by atoms with Gasteiger partial charge in [0.15, 0.2) is 0 Å². The van der Waals surface area contributed by atoms with Crippen LogP contribution < -0.4 is 10.0 Å². The van der Waals surface area contributed by atoms with Gasteiger partial charge in [0.05, 0.1) is 18.3 Å². The lowest BCUT2D eigenvalue weighted by molar-refractivity contribution is -0.122. The molecule has 0 saturated carbocycles. The van der Waals surface area contributed by atoms with Crippen LogP contribution in [0.4, 0.5) is 0 Å². The third kappa shape index (κ3) is 6.61. The van der Waals surface area contributed by atoms with Crippen LogP contribution in [0.1, 0.15) is 36.6 Å². The Hall–Kier alpha value is -1.60. The van der Waals surface area contributed by atoms with Crippen molar-refractivity contribution in [2.45, 2.75) is 25.4 Å². The molecule has 0 aliphatic rings. The fraction of sp³-hybridized carbons (Fsp3) is 0.278. The molecule has 0 aliphatic heterocycles. The van der Waals surface area contributed by atoms with E-state index < -0.39 is 16.1 Å². The first-order chi connectivity index (χ1) is 12.1. The van der Waals surface area contributed by atoms with Gasteiger partial charge >= 0.3 is 0 Å². The van der Waals surface area contributed by atoms with Crippen molar-refractivity contribution in [2.75, 3.05) is 6.26 Å². The van der Waals surface area contributed by atoms with Gasteiger partial charge in [-0.15, -0.1) is 0 Å². The molecule has 0 aromatic heterocycles. The van der Waals surface area contributed by atoms with Gasteiger partial charge in [-0.2, -0.15) is 0 Å². The summed E-state index contributed by atoms with van der Waals surface area (Å²) in [5.74, 6) is -0.274. The Kier molecular flexibility index (Phi) is 7.06. The van der Waals surface area contributed by atoms with Crippen molar-refractivity contribution in [1.82, 2.24) is 10.0 Å². The second-order valence-corrected chi connectivity index (χ2v) is 8.69. The second kappa shape index (κ2) is 8.86. The molecule has 2 rings (SSSR count). The highest BCUT2D eigenvalue weighted by Crippen LogP contribution is 2.21. The van der Waals surface area contributed by atoms with E-state index in [9.17, 15) is 13.2 Å². The number of hydrogen-bond donors (Lipinski definition) is 2. The van der Waals surface area contributed by atoms with Crippen LogP contribution in [0.3, 0.4) is 0 Å². The lowest BCUT2D eigenvalue weighted by atomic mass is 10.0. The smallest absolute Gasteiger partial charge is 0.222 e. The summed E-state index contributed by atoms with van der Waals surface area (Å²) in [6, 6.07) is 13.0. The molecule has 0 heterocycles. The molecule has 0 bridgehead atoms. The molecule has 5 nitrogen and oxygen atoms in total. The summed E-state index contributed by atoms with van der Waals surface area (Å²) in [6.45, 7) is 1.85. The standard InChI is InChI=1S/C18H20Cl2N2O3S/c1-12(13-3-7-15(19)8-4-13)21-18(23)11-17(22-26(2,24)25)14-5-9-16(20)10-6-14/h3-10,12,17,22H,11H2,1-2H3,(H,21,23). The average Bonchev–Trinajstić information content (AvgIpc) is 2.54. The summed E-state index contributed by atoms with van der Waals surface area (Å²) in [7, 11) is -3.49.